The second kappa shape index (κ2) is 11.6. The maximum atomic E-state index is 12.7. The van der Waals surface area contributed by atoms with Crippen LogP contribution in [0.2, 0.25) is 5.02 Å². The van der Waals surface area contributed by atoms with E-state index < -0.39 is 12.4 Å². The predicted octanol–water partition coefficient (Wildman–Crippen LogP) is 4.99. The number of halogens is 4. The molecule has 0 fully saturated rings. The first kappa shape index (κ1) is 26.5. The summed E-state index contributed by atoms with van der Waals surface area (Å²) in [5, 5.41) is 3.23. The Morgan fingerprint density at radius 2 is 1.66 bits per heavy atom. The molecule has 0 aliphatic heterocycles. The zero-order valence-electron chi connectivity index (χ0n) is 19.5. The second-order valence-corrected chi connectivity index (χ2v) is 8.04. The summed E-state index contributed by atoms with van der Waals surface area (Å²) < 4.78 is 53.3. The van der Waals surface area contributed by atoms with Crippen LogP contribution in [-0.4, -0.2) is 35.5 Å². The molecule has 4 rings (SSSR count). The summed E-state index contributed by atoms with van der Waals surface area (Å²) >= 11 is 5.86. The molecule has 0 saturated heterocycles. The molecule has 0 atom stereocenters. The maximum Gasteiger partial charge on any atom is 0.573 e. The average molecular weight is 547 g/mol. The number of aromatic nitrogens is 3. The Morgan fingerprint density at radius 3 is 2.37 bits per heavy atom. The van der Waals surface area contributed by atoms with Gasteiger partial charge in [0.2, 0.25) is 11.7 Å². The van der Waals surface area contributed by atoms with Crippen LogP contribution in [0, 0.1) is 0 Å². The highest BCUT2D eigenvalue weighted by atomic mass is 35.5. The van der Waals surface area contributed by atoms with E-state index in [0.717, 1.165) is 0 Å². The van der Waals surface area contributed by atoms with Crippen LogP contribution in [0.3, 0.4) is 0 Å². The monoisotopic (exact) mass is 546 g/mol. The van der Waals surface area contributed by atoms with Gasteiger partial charge in [0.15, 0.2) is 0 Å². The van der Waals surface area contributed by atoms with Crippen molar-refractivity contribution in [3.05, 3.63) is 84.1 Å². The first-order chi connectivity index (χ1) is 18.2. The quantitative estimate of drug-likeness (QED) is 0.236. The highest BCUT2D eigenvalue weighted by Crippen LogP contribution is 2.26. The minimum atomic E-state index is -4.78. The van der Waals surface area contributed by atoms with E-state index in [0.29, 0.717) is 21.9 Å². The number of ether oxygens (including phenoxy) is 3. The Kier molecular flexibility index (Phi) is 8.12. The number of carbonyl (C=O) groups excluding carboxylic acids is 1. The SMILES string of the molecule is Nc1ccc(-c2ccc(OC(F)(F)F)cc2)c[n+]1C(=O)NCCOc1nccc(Oc2ccc(Cl)cc2)n1. The topological polar surface area (TPSA) is 112 Å². The molecule has 0 saturated carbocycles. The van der Waals surface area contributed by atoms with Gasteiger partial charge in [-0.2, -0.15) is 9.55 Å². The summed E-state index contributed by atoms with van der Waals surface area (Å²) in [6, 6.07) is 16.2. The lowest BCUT2D eigenvalue weighted by molar-refractivity contribution is -0.556. The summed E-state index contributed by atoms with van der Waals surface area (Å²) in [5.74, 6) is 0.598. The van der Waals surface area contributed by atoms with E-state index in [1.54, 1.807) is 36.4 Å². The van der Waals surface area contributed by atoms with E-state index in [1.807, 2.05) is 0 Å². The lowest BCUT2D eigenvalue weighted by atomic mass is 10.1. The number of pyridine rings is 1. The van der Waals surface area contributed by atoms with Crippen LogP contribution in [0.25, 0.3) is 11.1 Å². The van der Waals surface area contributed by atoms with E-state index in [-0.39, 0.29) is 36.6 Å². The molecule has 2 aromatic heterocycles. The standard InChI is InChI=1S/C25H19ClF3N5O4/c26-18-4-8-19(9-5-18)37-22-11-12-31-23(33-22)36-14-13-32-24(35)34-15-17(3-10-21(34)30)16-1-6-20(7-2-16)38-25(27,28)29/h1-12,15,30H,13-14H2,(H,32,35)/p+1. The fourth-order valence-electron chi connectivity index (χ4n) is 3.17. The molecule has 0 aliphatic carbocycles. The summed E-state index contributed by atoms with van der Waals surface area (Å²) in [4.78, 5) is 20.8. The van der Waals surface area contributed by atoms with E-state index >= 15 is 0 Å². The van der Waals surface area contributed by atoms with Crippen molar-refractivity contribution >= 4 is 23.4 Å². The molecule has 2 heterocycles. The highest BCUT2D eigenvalue weighted by molar-refractivity contribution is 6.30. The third-order valence-electron chi connectivity index (χ3n) is 4.87. The van der Waals surface area contributed by atoms with Crippen molar-refractivity contribution < 1.29 is 36.7 Å². The van der Waals surface area contributed by atoms with Crippen molar-refractivity contribution in [1.29, 1.82) is 0 Å². The molecule has 3 N–H and O–H groups in total. The Labute approximate surface area is 219 Å². The van der Waals surface area contributed by atoms with E-state index in [4.69, 9.17) is 26.8 Å². The number of hydrogen-bond acceptors (Lipinski definition) is 7. The van der Waals surface area contributed by atoms with Crippen LogP contribution < -0.4 is 29.8 Å². The molecule has 0 spiro atoms. The van der Waals surface area contributed by atoms with E-state index in [2.05, 4.69) is 20.0 Å². The van der Waals surface area contributed by atoms with Crippen molar-refractivity contribution in [1.82, 2.24) is 15.3 Å². The zero-order valence-corrected chi connectivity index (χ0v) is 20.2. The van der Waals surface area contributed by atoms with Gasteiger partial charge in [0.1, 0.15) is 18.1 Å². The molecule has 1 amide bonds. The largest absolute Gasteiger partial charge is 0.573 e. The third-order valence-corrected chi connectivity index (χ3v) is 5.13. The van der Waals surface area contributed by atoms with Gasteiger partial charge < -0.3 is 19.9 Å². The van der Waals surface area contributed by atoms with Crippen LogP contribution in [-0.2, 0) is 0 Å². The number of anilines is 1. The minimum Gasteiger partial charge on any atom is -0.460 e. The fraction of sp³-hybridized carbons (Fsp3) is 0.120. The van der Waals surface area contributed by atoms with Crippen LogP contribution in [0.15, 0.2) is 79.1 Å². The Morgan fingerprint density at radius 1 is 0.974 bits per heavy atom. The van der Waals surface area contributed by atoms with Crippen molar-refractivity contribution in [3.8, 4) is 34.5 Å². The molecule has 13 heteroatoms. The number of hydrogen-bond donors (Lipinski definition) is 2. The van der Waals surface area contributed by atoms with Gasteiger partial charge in [-0.15, -0.1) is 13.2 Å². The van der Waals surface area contributed by atoms with Crippen LogP contribution >= 0.6 is 11.6 Å². The summed E-state index contributed by atoms with van der Waals surface area (Å²) in [6.07, 6.45) is -1.85. The van der Waals surface area contributed by atoms with Gasteiger partial charge in [-0.25, -0.2) is 9.78 Å². The third kappa shape index (κ3) is 7.46. The zero-order chi connectivity index (χ0) is 27.1. The number of benzene rings is 2. The molecule has 2 aromatic carbocycles. The molecule has 0 bridgehead atoms. The molecule has 0 radical (unpaired) electrons. The molecular weight excluding hydrogens is 527 g/mol. The van der Waals surface area contributed by atoms with Gasteiger partial charge in [-0.1, -0.05) is 23.7 Å². The normalized spacial score (nSPS) is 11.1. The number of carbonyl (C=O) groups is 1. The number of amides is 1. The lowest BCUT2D eigenvalue weighted by Crippen LogP contribution is -2.52. The van der Waals surface area contributed by atoms with Crippen molar-refractivity contribution in [2.75, 3.05) is 18.9 Å². The second-order valence-electron chi connectivity index (χ2n) is 7.60. The smallest absolute Gasteiger partial charge is 0.460 e. The van der Waals surface area contributed by atoms with Gasteiger partial charge in [-0.3, -0.25) is 5.32 Å². The number of nitrogens with one attached hydrogen (secondary N) is 1. The predicted molar refractivity (Wildman–Crippen MR) is 131 cm³/mol. The summed E-state index contributed by atoms with van der Waals surface area (Å²) in [6.45, 7) is 0.154. The van der Waals surface area contributed by atoms with Crippen molar-refractivity contribution in [2.24, 2.45) is 0 Å². The summed E-state index contributed by atoms with van der Waals surface area (Å²) in [7, 11) is 0. The number of nitrogens with two attached hydrogens (primary N) is 1. The highest BCUT2D eigenvalue weighted by Gasteiger charge is 2.31. The number of nitrogens with zero attached hydrogens (tertiary/aromatic N) is 3. The number of alkyl halides is 3. The molecular formula is C25H20ClF3N5O4+. The maximum absolute atomic E-state index is 12.7. The van der Waals surface area contributed by atoms with Gasteiger partial charge in [0, 0.05) is 28.9 Å². The Hall–Kier alpha value is -4.58. The molecule has 4 aromatic rings. The van der Waals surface area contributed by atoms with E-state index in [9.17, 15) is 18.0 Å². The molecule has 9 nitrogen and oxygen atoms in total. The first-order valence-electron chi connectivity index (χ1n) is 11.0. The van der Waals surface area contributed by atoms with Crippen LogP contribution in [0.1, 0.15) is 0 Å². The average Bonchev–Trinajstić information content (AvgIpc) is 2.88. The molecule has 0 unspecified atom stereocenters. The van der Waals surface area contributed by atoms with Gasteiger partial charge >= 0.3 is 18.4 Å². The summed E-state index contributed by atoms with van der Waals surface area (Å²) in [5.41, 5.74) is 7.04. The van der Waals surface area contributed by atoms with Gasteiger partial charge in [-0.05, 0) is 48.0 Å². The fourth-order valence-corrected chi connectivity index (χ4v) is 3.29. The van der Waals surface area contributed by atoms with Crippen molar-refractivity contribution in [2.45, 2.75) is 6.36 Å². The minimum absolute atomic E-state index is 0.0525. The molecule has 38 heavy (non-hydrogen) atoms. The first-order valence-corrected chi connectivity index (χ1v) is 11.4. The van der Waals surface area contributed by atoms with Gasteiger partial charge in [0.25, 0.3) is 0 Å². The Balaban J connectivity index is 1.32. The molecule has 0 aliphatic rings. The Bertz CT molecular complexity index is 1400. The lowest BCUT2D eigenvalue weighted by Gasteiger charge is -2.10. The number of rotatable bonds is 8. The van der Waals surface area contributed by atoms with Crippen molar-refractivity contribution in [3.63, 3.8) is 0 Å². The van der Waals surface area contributed by atoms with E-state index in [1.165, 1.54) is 47.3 Å². The van der Waals surface area contributed by atoms with Crippen LogP contribution in [0.4, 0.5) is 23.8 Å². The molecule has 196 valence electrons. The van der Waals surface area contributed by atoms with Crippen LogP contribution in [0.5, 0.6) is 23.4 Å². The number of nitrogen functional groups attached to an aromatic ring is 1. The van der Waals surface area contributed by atoms with Gasteiger partial charge in [0.05, 0.1) is 12.7 Å².